The number of aliphatic carboxylic acids is 1. The molecule has 1 unspecified atom stereocenters. The van der Waals surface area contributed by atoms with Gasteiger partial charge in [-0.2, -0.15) is 0 Å². The Balaban J connectivity index is 1.73. The summed E-state index contributed by atoms with van der Waals surface area (Å²) >= 11 is 5.97. The van der Waals surface area contributed by atoms with E-state index in [2.05, 4.69) is 11.6 Å². The third kappa shape index (κ3) is 8.89. The molecule has 1 saturated carbocycles. The minimum Gasteiger partial charge on any atom is -0.481 e. The third-order valence-electron chi connectivity index (χ3n) is 7.43. The largest absolute Gasteiger partial charge is 0.481 e. The second-order valence-electron chi connectivity index (χ2n) is 10.2. The number of benzene rings is 2. The number of carboxylic acid groups (broad SMARTS) is 1. The Morgan fingerprint density at radius 2 is 1.64 bits per heavy atom. The van der Waals surface area contributed by atoms with E-state index in [0.717, 1.165) is 42.7 Å². The first-order chi connectivity index (χ1) is 17.3. The summed E-state index contributed by atoms with van der Waals surface area (Å²) in [6, 6.07) is 14.0. The molecule has 0 saturated heterocycles. The van der Waals surface area contributed by atoms with Gasteiger partial charge in [-0.3, -0.25) is 4.79 Å². The Bertz CT molecular complexity index is 1050. The van der Waals surface area contributed by atoms with Crippen molar-refractivity contribution in [2.24, 2.45) is 11.8 Å². The average molecular weight is 534 g/mol. The molecule has 198 valence electrons. The summed E-state index contributed by atoms with van der Waals surface area (Å²) < 4.78 is 29.6. The van der Waals surface area contributed by atoms with Gasteiger partial charge in [0.05, 0.1) is 4.90 Å². The first kappa shape index (κ1) is 28.7. The van der Waals surface area contributed by atoms with Crippen LogP contribution in [0.5, 0.6) is 0 Å². The molecule has 5 nitrogen and oxygen atoms in total. The van der Waals surface area contributed by atoms with Gasteiger partial charge in [-0.05, 0) is 72.9 Å². The van der Waals surface area contributed by atoms with E-state index in [-0.39, 0.29) is 23.3 Å². The van der Waals surface area contributed by atoms with Gasteiger partial charge in [0.1, 0.15) is 0 Å². The van der Waals surface area contributed by atoms with Gasteiger partial charge in [0, 0.05) is 17.5 Å². The molecule has 0 amide bonds. The van der Waals surface area contributed by atoms with Gasteiger partial charge in [0.2, 0.25) is 10.0 Å². The molecular formula is C29H40ClNO4S. The smallest absolute Gasteiger partial charge is 0.303 e. The number of rotatable bonds is 14. The number of hydrogen-bond acceptors (Lipinski definition) is 3. The lowest BCUT2D eigenvalue weighted by Crippen LogP contribution is -2.35. The van der Waals surface area contributed by atoms with Crippen molar-refractivity contribution in [1.82, 2.24) is 4.72 Å². The molecule has 36 heavy (non-hydrogen) atoms. The SMILES string of the molecule is CCCCCCC1CCC(C(NS(=O)(=O)c2ccc(Cl)cc2)c2ccc(CCCC(=O)O)cc2)CC1. The number of hydrogen-bond donors (Lipinski definition) is 2. The maximum absolute atomic E-state index is 13.3. The molecule has 0 heterocycles. The zero-order valence-corrected chi connectivity index (χ0v) is 22.9. The van der Waals surface area contributed by atoms with E-state index in [4.69, 9.17) is 16.7 Å². The van der Waals surface area contributed by atoms with Crippen LogP contribution in [0.1, 0.15) is 94.7 Å². The fourth-order valence-electron chi connectivity index (χ4n) is 5.29. The standard InChI is InChI=1S/C29H40ClNO4S/c1-2-3-4-5-7-22-10-14-24(15-11-22)29(31-36(34,35)27-20-18-26(30)19-21-27)25-16-12-23(13-17-25)8-6-9-28(32)33/h12-13,16-22,24,29,31H,2-11,14-15H2,1H3,(H,32,33). The topological polar surface area (TPSA) is 83.5 Å². The predicted octanol–water partition coefficient (Wildman–Crippen LogP) is 7.54. The van der Waals surface area contributed by atoms with Crippen LogP contribution in [0.3, 0.4) is 0 Å². The number of unbranched alkanes of at least 4 members (excludes halogenated alkanes) is 3. The van der Waals surface area contributed by atoms with Crippen LogP contribution in [-0.2, 0) is 21.2 Å². The van der Waals surface area contributed by atoms with Crippen molar-refractivity contribution in [2.75, 3.05) is 0 Å². The van der Waals surface area contributed by atoms with Crippen LogP contribution in [0.15, 0.2) is 53.4 Å². The normalized spacial score (nSPS) is 19.2. The molecule has 1 atom stereocenters. The van der Waals surface area contributed by atoms with Gasteiger partial charge in [-0.15, -0.1) is 0 Å². The number of nitrogens with one attached hydrogen (secondary N) is 1. The monoisotopic (exact) mass is 533 g/mol. The van der Waals surface area contributed by atoms with Crippen molar-refractivity contribution in [2.45, 2.75) is 94.9 Å². The van der Waals surface area contributed by atoms with E-state index in [1.54, 1.807) is 24.3 Å². The van der Waals surface area contributed by atoms with Crippen molar-refractivity contribution >= 4 is 27.6 Å². The number of halogens is 1. The quantitative estimate of drug-likeness (QED) is 0.246. The maximum Gasteiger partial charge on any atom is 0.303 e. The zero-order chi connectivity index (χ0) is 26.0. The summed E-state index contributed by atoms with van der Waals surface area (Å²) in [4.78, 5) is 11.0. The second-order valence-corrected chi connectivity index (χ2v) is 12.3. The minimum atomic E-state index is -3.72. The summed E-state index contributed by atoms with van der Waals surface area (Å²) in [5.41, 5.74) is 2.02. The zero-order valence-electron chi connectivity index (χ0n) is 21.3. The van der Waals surface area contributed by atoms with Crippen molar-refractivity contribution < 1.29 is 18.3 Å². The Morgan fingerprint density at radius 3 is 2.25 bits per heavy atom. The molecule has 1 aliphatic carbocycles. The Labute approximate surface area is 221 Å². The first-order valence-corrected chi connectivity index (χ1v) is 15.2. The Kier molecular flexibility index (Phi) is 11.3. The fraction of sp³-hybridized carbons (Fsp3) is 0.552. The molecule has 2 aromatic rings. The lowest BCUT2D eigenvalue weighted by atomic mass is 9.75. The van der Waals surface area contributed by atoms with Crippen molar-refractivity contribution in [1.29, 1.82) is 0 Å². The number of aryl methyl sites for hydroxylation is 1. The summed E-state index contributed by atoms with van der Waals surface area (Å²) in [6.45, 7) is 2.24. The maximum atomic E-state index is 13.3. The van der Waals surface area contributed by atoms with Crippen LogP contribution < -0.4 is 4.72 Å². The molecule has 1 fully saturated rings. The Hall–Kier alpha value is -1.89. The van der Waals surface area contributed by atoms with Crippen molar-refractivity contribution in [3.8, 4) is 0 Å². The summed E-state index contributed by atoms with van der Waals surface area (Å²) in [5.74, 6) is 0.185. The second kappa shape index (κ2) is 14.2. The first-order valence-electron chi connectivity index (χ1n) is 13.4. The molecule has 7 heteroatoms. The molecule has 0 spiro atoms. The van der Waals surface area contributed by atoms with Gasteiger partial charge in [-0.1, -0.05) is 87.7 Å². The highest BCUT2D eigenvalue weighted by Crippen LogP contribution is 2.39. The van der Waals surface area contributed by atoms with E-state index in [1.165, 1.54) is 32.1 Å². The fourth-order valence-corrected chi connectivity index (χ4v) is 6.71. The molecule has 2 N–H and O–H groups in total. The Morgan fingerprint density at radius 1 is 0.972 bits per heavy atom. The molecule has 2 aromatic carbocycles. The van der Waals surface area contributed by atoms with Gasteiger partial charge in [-0.25, -0.2) is 13.1 Å². The van der Waals surface area contributed by atoms with Crippen LogP contribution in [0.25, 0.3) is 0 Å². The highest BCUT2D eigenvalue weighted by atomic mass is 35.5. The van der Waals surface area contributed by atoms with Crippen LogP contribution in [0.2, 0.25) is 5.02 Å². The molecule has 1 aliphatic rings. The van der Waals surface area contributed by atoms with Gasteiger partial charge < -0.3 is 5.11 Å². The third-order valence-corrected chi connectivity index (χ3v) is 9.14. The van der Waals surface area contributed by atoms with E-state index in [0.29, 0.717) is 17.9 Å². The molecule has 0 aliphatic heterocycles. The number of sulfonamides is 1. The molecule has 0 radical (unpaired) electrons. The summed E-state index contributed by atoms with van der Waals surface area (Å²) in [5, 5.41) is 9.39. The summed E-state index contributed by atoms with van der Waals surface area (Å²) in [7, 11) is -3.72. The molecule has 0 aromatic heterocycles. The average Bonchev–Trinajstić information content (AvgIpc) is 2.86. The highest BCUT2D eigenvalue weighted by molar-refractivity contribution is 7.89. The molecule has 3 rings (SSSR count). The highest BCUT2D eigenvalue weighted by Gasteiger charge is 2.32. The summed E-state index contributed by atoms with van der Waals surface area (Å²) in [6.07, 6.45) is 12.1. The number of carboxylic acids is 1. The van der Waals surface area contributed by atoms with E-state index >= 15 is 0 Å². The van der Waals surface area contributed by atoms with Crippen LogP contribution in [0, 0.1) is 11.8 Å². The van der Waals surface area contributed by atoms with Gasteiger partial charge in [0.15, 0.2) is 0 Å². The van der Waals surface area contributed by atoms with Crippen LogP contribution in [0.4, 0.5) is 0 Å². The minimum absolute atomic E-state index is 0.146. The van der Waals surface area contributed by atoms with Crippen LogP contribution >= 0.6 is 11.6 Å². The van der Waals surface area contributed by atoms with Crippen molar-refractivity contribution in [3.63, 3.8) is 0 Å². The van der Waals surface area contributed by atoms with Gasteiger partial charge in [0.25, 0.3) is 0 Å². The lowest BCUT2D eigenvalue weighted by Gasteiger charge is -2.34. The molecule has 0 bridgehead atoms. The number of carbonyl (C=O) groups is 1. The van der Waals surface area contributed by atoms with E-state index in [1.807, 2.05) is 24.3 Å². The predicted molar refractivity (Wildman–Crippen MR) is 146 cm³/mol. The van der Waals surface area contributed by atoms with E-state index < -0.39 is 16.0 Å². The van der Waals surface area contributed by atoms with Crippen LogP contribution in [-0.4, -0.2) is 19.5 Å². The van der Waals surface area contributed by atoms with Crippen molar-refractivity contribution in [3.05, 3.63) is 64.7 Å². The molecular weight excluding hydrogens is 494 g/mol. The van der Waals surface area contributed by atoms with E-state index in [9.17, 15) is 13.2 Å². The van der Waals surface area contributed by atoms with Gasteiger partial charge >= 0.3 is 5.97 Å². The lowest BCUT2D eigenvalue weighted by molar-refractivity contribution is -0.137.